The van der Waals surface area contributed by atoms with Crippen LogP contribution >= 0.6 is 0 Å². The molecule has 12 nitrogen and oxygen atoms in total. The number of nitrogens with zero attached hydrogens (tertiary/aromatic N) is 1. The summed E-state index contributed by atoms with van der Waals surface area (Å²) in [5, 5.41) is 16.3. The number of esters is 1. The van der Waals surface area contributed by atoms with Crippen molar-refractivity contribution < 1.29 is 23.9 Å². The van der Waals surface area contributed by atoms with Gasteiger partial charge in [-0.2, -0.15) is 0 Å². The molecule has 0 unspecified atom stereocenters. The van der Waals surface area contributed by atoms with E-state index in [4.69, 9.17) is 15.2 Å². The smallest absolute Gasteiger partial charge is 0.350 e. The third kappa shape index (κ3) is 7.77. The minimum atomic E-state index is -2.01. The van der Waals surface area contributed by atoms with Gasteiger partial charge in [-0.05, 0) is 45.0 Å². The van der Waals surface area contributed by atoms with Gasteiger partial charge in [0.25, 0.3) is 5.60 Å². The van der Waals surface area contributed by atoms with E-state index in [9.17, 15) is 14.4 Å². The number of dihydropyridines is 1. The maximum absolute atomic E-state index is 14.0. The zero-order chi connectivity index (χ0) is 34.0. The van der Waals surface area contributed by atoms with E-state index in [0.29, 0.717) is 32.1 Å². The van der Waals surface area contributed by atoms with Crippen LogP contribution in [0.2, 0.25) is 0 Å². The Labute approximate surface area is 278 Å². The Morgan fingerprint density at radius 3 is 2.64 bits per heavy atom. The number of benzene rings is 1. The van der Waals surface area contributed by atoms with Crippen LogP contribution in [0.4, 0.5) is 0 Å². The molecule has 0 spiro atoms. The highest BCUT2D eigenvalue weighted by atomic mass is 16.7. The molecule has 7 N–H and O–H groups in total. The van der Waals surface area contributed by atoms with E-state index in [1.165, 1.54) is 0 Å². The van der Waals surface area contributed by atoms with Gasteiger partial charge < -0.3 is 41.8 Å². The van der Waals surface area contributed by atoms with Gasteiger partial charge in [0, 0.05) is 43.6 Å². The summed E-state index contributed by atoms with van der Waals surface area (Å²) in [7, 11) is 3.48. The summed E-state index contributed by atoms with van der Waals surface area (Å²) < 4.78 is 11.9. The van der Waals surface area contributed by atoms with Crippen molar-refractivity contribution in [3.05, 3.63) is 70.6 Å². The number of ether oxygens (including phenoxy) is 2. The van der Waals surface area contributed by atoms with E-state index in [2.05, 4.69) is 44.6 Å². The van der Waals surface area contributed by atoms with Crippen LogP contribution in [-0.2, 0) is 14.3 Å². The second-order valence-corrected chi connectivity index (χ2v) is 12.3. The normalized spacial score (nSPS) is 23.4. The quantitative estimate of drug-likeness (QED) is 0.0262. The fourth-order valence-corrected chi connectivity index (χ4v) is 6.23. The van der Waals surface area contributed by atoms with Crippen LogP contribution in [0.1, 0.15) is 73.6 Å². The fourth-order valence-electron chi connectivity index (χ4n) is 6.23. The summed E-state index contributed by atoms with van der Waals surface area (Å²) >= 11 is 0. The van der Waals surface area contributed by atoms with Gasteiger partial charge in [0.1, 0.15) is 5.82 Å². The number of carbonyl (C=O) groups excluding carboxylic acids is 3. The summed E-state index contributed by atoms with van der Waals surface area (Å²) in [6.45, 7) is 8.95. The van der Waals surface area contributed by atoms with Gasteiger partial charge in [0.05, 0.1) is 19.3 Å². The lowest BCUT2D eigenvalue weighted by molar-refractivity contribution is -0.149. The molecule has 0 amide bonds. The average molecular weight is 650 g/mol. The van der Waals surface area contributed by atoms with Crippen LogP contribution in [0, 0.1) is 5.92 Å². The van der Waals surface area contributed by atoms with Crippen LogP contribution in [0.5, 0.6) is 0 Å². The number of hydrogen-bond donors (Lipinski definition) is 6. The number of unbranched alkanes of at least 4 members (excludes halogenated alkanes) is 1. The minimum Gasteiger partial charge on any atom is -0.463 e. The number of hydrogen-bond acceptors (Lipinski definition) is 10. The predicted molar refractivity (Wildman–Crippen MR) is 183 cm³/mol. The molecule has 2 aliphatic heterocycles. The Hall–Kier alpha value is -4.00. The number of guanidine groups is 1. The van der Waals surface area contributed by atoms with Crippen molar-refractivity contribution in [1.29, 1.82) is 0 Å². The Kier molecular flexibility index (Phi) is 12.4. The van der Waals surface area contributed by atoms with E-state index in [-0.39, 0.29) is 41.9 Å². The largest absolute Gasteiger partial charge is 0.463 e. The number of fused-ring (bicyclic) bond motifs is 2. The lowest BCUT2D eigenvalue weighted by Crippen LogP contribution is -2.50. The first kappa shape index (κ1) is 35.8. The molecule has 0 aromatic heterocycles. The predicted octanol–water partition coefficient (Wildman–Crippen LogP) is 2.30. The summed E-state index contributed by atoms with van der Waals surface area (Å²) in [6, 6.07) is 6.35. The summed E-state index contributed by atoms with van der Waals surface area (Å²) in [5.41, 5.74) is 4.79. The molecule has 0 radical (unpaired) electrons. The molecule has 0 saturated carbocycles. The SMILES string of the molecule is CCCC[C@H](CNCC)COC(=O)[C@]12O[C@@]1(C/C=C(\C)C[C@@H](NC(N)=NC)C1=CCNC(NCNC)=C1)C(=O)c1ccccc1C2=O. The van der Waals surface area contributed by atoms with Crippen molar-refractivity contribution in [2.75, 3.05) is 47.0 Å². The van der Waals surface area contributed by atoms with Gasteiger partial charge in [0.15, 0.2) is 17.3 Å². The van der Waals surface area contributed by atoms with Gasteiger partial charge in [-0.3, -0.25) is 14.6 Å². The lowest BCUT2D eigenvalue weighted by Gasteiger charge is -2.26. The number of rotatable bonds is 18. The maximum Gasteiger partial charge on any atom is 0.350 e. The molecule has 12 heteroatoms. The molecule has 1 aromatic rings. The van der Waals surface area contributed by atoms with Gasteiger partial charge in [-0.1, -0.05) is 68.7 Å². The van der Waals surface area contributed by atoms with Crippen LogP contribution in [0.15, 0.2) is 64.5 Å². The lowest BCUT2D eigenvalue weighted by atomic mass is 9.72. The highest BCUT2D eigenvalue weighted by Gasteiger charge is 2.85. The monoisotopic (exact) mass is 649 g/mol. The van der Waals surface area contributed by atoms with Gasteiger partial charge >= 0.3 is 5.97 Å². The third-order valence-electron chi connectivity index (χ3n) is 8.97. The van der Waals surface area contributed by atoms with Gasteiger partial charge in [-0.15, -0.1) is 0 Å². The molecule has 1 saturated heterocycles. The van der Waals surface area contributed by atoms with E-state index in [1.54, 1.807) is 31.3 Å². The molecule has 1 aromatic carbocycles. The van der Waals surface area contributed by atoms with E-state index in [1.807, 2.05) is 33.0 Å². The molecule has 4 atom stereocenters. The molecule has 1 aliphatic carbocycles. The highest BCUT2D eigenvalue weighted by molar-refractivity contribution is 6.32. The zero-order valence-electron chi connectivity index (χ0n) is 28.3. The van der Waals surface area contributed by atoms with Crippen LogP contribution < -0.4 is 32.3 Å². The zero-order valence-corrected chi connectivity index (χ0v) is 28.3. The molecular formula is C35H51N7O5. The molecule has 47 heavy (non-hydrogen) atoms. The summed E-state index contributed by atoms with van der Waals surface area (Å²) in [5.74, 6) is -0.458. The number of nitrogens with two attached hydrogens (primary N) is 1. The second kappa shape index (κ2) is 16.2. The molecule has 1 fully saturated rings. The van der Waals surface area contributed by atoms with Crippen molar-refractivity contribution in [2.24, 2.45) is 16.6 Å². The van der Waals surface area contributed by atoms with E-state index in [0.717, 1.165) is 42.8 Å². The number of Topliss-reactive ketones (excluding diaryl/α,β-unsaturated/α-hetero) is 2. The molecular weight excluding hydrogens is 598 g/mol. The average Bonchev–Trinajstić information content (AvgIpc) is 3.80. The molecule has 3 aliphatic rings. The van der Waals surface area contributed by atoms with Crippen LogP contribution in [0.25, 0.3) is 0 Å². The molecule has 4 rings (SSSR count). The van der Waals surface area contributed by atoms with Crippen LogP contribution in [-0.4, -0.2) is 87.7 Å². The van der Waals surface area contributed by atoms with Crippen molar-refractivity contribution in [1.82, 2.24) is 26.6 Å². The second-order valence-electron chi connectivity index (χ2n) is 12.3. The maximum atomic E-state index is 14.0. The Morgan fingerprint density at radius 2 is 1.96 bits per heavy atom. The van der Waals surface area contributed by atoms with Gasteiger partial charge in [0.2, 0.25) is 5.78 Å². The summed E-state index contributed by atoms with van der Waals surface area (Å²) in [4.78, 5) is 45.9. The minimum absolute atomic E-state index is 0.0407. The van der Waals surface area contributed by atoms with Crippen molar-refractivity contribution in [3.63, 3.8) is 0 Å². The fraction of sp³-hybridized carbons (Fsp3) is 0.543. The third-order valence-corrected chi connectivity index (χ3v) is 8.97. The van der Waals surface area contributed by atoms with Crippen molar-refractivity contribution >= 4 is 23.5 Å². The van der Waals surface area contributed by atoms with Crippen LogP contribution in [0.3, 0.4) is 0 Å². The Bertz CT molecular complexity index is 1430. The standard InChI is InChI=1S/C35H51N7O5/c1-6-8-11-24(20-39-7-2)21-46-32(45)35-31(44)27-13-10-9-12-26(27)30(43)34(35,47-35)16-14-23(3)18-28(42-33(36)38-5)25-15-17-40-29(19-25)41-22-37-4/h9-10,12-15,19,24,28,37,39-41H,6-8,11,16-18,20-22H2,1-5H3,(H3,36,38,42)/b23-14+/t24-,28-,34+,35+/m1/s1. The number of nitrogens with one attached hydrogen (secondary N) is 5. The number of ketones is 2. The summed E-state index contributed by atoms with van der Waals surface area (Å²) in [6.07, 6.45) is 9.43. The Morgan fingerprint density at radius 1 is 1.21 bits per heavy atom. The van der Waals surface area contributed by atoms with Gasteiger partial charge in [-0.25, -0.2) is 4.79 Å². The first-order valence-corrected chi connectivity index (χ1v) is 16.6. The molecule has 256 valence electrons. The Balaban J connectivity index is 1.58. The molecule has 2 heterocycles. The van der Waals surface area contributed by atoms with Crippen molar-refractivity contribution in [3.8, 4) is 0 Å². The van der Waals surface area contributed by atoms with Crippen molar-refractivity contribution in [2.45, 2.75) is 70.1 Å². The highest BCUT2D eigenvalue weighted by Crippen LogP contribution is 2.58. The van der Waals surface area contributed by atoms with E-state index >= 15 is 0 Å². The topological polar surface area (TPSA) is 171 Å². The van der Waals surface area contributed by atoms with E-state index < -0.39 is 23.0 Å². The number of epoxide rings is 1. The molecule has 0 bridgehead atoms. The first-order chi connectivity index (χ1) is 22.7. The number of carbonyl (C=O) groups is 3. The number of aliphatic imine (C=N–C) groups is 1. The first-order valence-electron chi connectivity index (χ1n) is 16.6.